The van der Waals surface area contributed by atoms with Gasteiger partial charge in [-0.25, -0.2) is 19.9 Å². The number of piperidine rings is 1. The van der Waals surface area contributed by atoms with E-state index in [2.05, 4.69) is 41.6 Å². The number of hydrogen-bond acceptors (Lipinski definition) is 8. The van der Waals surface area contributed by atoms with Crippen LogP contribution >= 0.6 is 11.6 Å². The van der Waals surface area contributed by atoms with Gasteiger partial charge in [0.25, 0.3) is 0 Å². The van der Waals surface area contributed by atoms with Crippen LogP contribution in [0.5, 0.6) is 0 Å². The summed E-state index contributed by atoms with van der Waals surface area (Å²) in [5.74, 6) is -0.385. The van der Waals surface area contributed by atoms with Gasteiger partial charge in [-0.15, -0.1) is 0 Å². The summed E-state index contributed by atoms with van der Waals surface area (Å²) in [4.78, 5) is 23.0. The number of rotatable bonds is 6. The third-order valence-corrected chi connectivity index (χ3v) is 7.23. The van der Waals surface area contributed by atoms with Crippen molar-refractivity contribution in [2.75, 3.05) is 13.1 Å². The van der Waals surface area contributed by atoms with Crippen molar-refractivity contribution in [1.29, 1.82) is 0 Å². The molecular formula is C27H26ClF3N8. The molecule has 0 N–H and O–H groups in total. The van der Waals surface area contributed by atoms with E-state index < -0.39 is 12.0 Å². The van der Waals surface area contributed by atoms with Gasteiger partial charge in [-0.1, -0.05) is 18.2 Å². The minimum Gasteiger partial charge on any atom is -0.375 e. The number of hydrogen-bond donors (Lipinski definition) is 0. The molecule has 0 aromatic carbocycles. The van der Waals surface area contributed by atoms with Gasteiger partial charge in [-0.3, -0.25) is 4.98 Å². The van der Waals surface area contributed by atoms with E-state index in [0.717, 1.165) is 60.5 Å². The molecule has 0 amide bonds. The molecule has 0 radical (unpaired) electrons. The highest BCUT2D eigenvalue weighted by Gasteiger charge is 2.35. The summed E-state index contributed by atoms with van der Waals surface area (Å²) in [7, 11) is 0. The molecule has 3 aromatic heterocycles. The molecule has 39 heavy (non-hydrogen) atoms. The first-order valence-corrected chi connectivity index (χ1v) is 12.9. The third kappa shape index (κ3) is 5.83. The Hall–Kier alpha value is -3.73. The number of halogens is 4. The Labute approximate surface area is 228 Å². The quantitative estimate of drug-likeness (QED) is 0.400. The second kappa shape index (κ2) is 10.8. The van der Waals surface area contributed by atoms with Crippen LogP contribution in [0.2, 0.25) is 5.02 Å². The molecular weight excluding hydrogens is 529 g/mol. The molecule has 1 fully saturated rings. The fraction of sp³-hybridized carbons (Fsp3) is 0.370. The first-order valence-electron chi connectivity index (χ1n) is 12.5. The Balaban J connectivity index is 1.31. The number of alkyl halides is 3. The highest BCUT2D eigenvalue weighted by Crippen LogP contribution is 2.34. The largest absolute Gasteiger partial charge is 0.451 e. The lowest BCUT2D eigenvalue weighted by atomic mass is 9.87. The molecule has 2 aliphatic rings. The molecule has 5 rings (SSSR count). The van der Waals surface area contributed by atoms with E-state index >= 15 is 0 Å². The predicted octanol–water partition coefficient (Wildman–Crippen LogP) is 5.48. The first kappa shape index (κ1) is 26.9. The molecule has 0 aliphatic carbocycles. The van der Waals surface area contributed by atoms with E-state index in [1.54, 1.807) is 12.3 Å². The first-order chi connectivity index (χ1) is 18.6. The molecule has 0 unspecified atom stereocenters. The van der Waals surface area contributed by atoms with Crippen LogP contribution in [0.15, 0.2) is 53.1 Å². The van der Waals surface area contributed by atoms with Crippen LogP contribution in [0.4, 0.5) is 13.2 Å². The van der Waals surface area contributed by atoms with Gasteiger partial charge in [-0.2, -0.15) is 23.4 Å². The van der Waals surface area contributed by atoms with Gasteiger partial charge in [0.05, 0.1) is 39.2 Å². The van der Waals surface area contributed by atoms with Crippen molar-refractivity contribution in [3.63, 3.8) is 0 Å². The van der Waals surface area contributed by atoms with Crippen molar-refractivity contribution in [2.45, 2.75) is 51.6 Å². The van der Waals surface area contributed by atoms with Gasteiger partial charge in [0.1, 0.15) is 5.82 Å². The molecule has 202 valence electrons. The maximum Gasteiger partial charge on any atom is 0.451 e. The van der Waals surface area contributed by atoms with Crippen LogP contribution in [0.3, 0.4) is 0 Å². The van der Waals surface area contributed by atoms with Crippen LogP contribution < -0.4 is 0 Å². The standard InChI is InChI=1S/C27H26ClF3N8/c1-15(13-21-19(28)5-4-9-32-21)39-11-7-18(8-12-39)25-24(16(2)34-17(3)35-25)23-14-22(37-38-23)20-6-10-33-26(36-20)27(29,30)31/h4-6,9-10,18H,1,7-8,11-14H2,2-3H3. The summed E-state index contributed by atoms with van der Waals surface area (Å²) >= 11 is 6.28. The molecule has 0 saturated carbocycles. The maximum atomic E-state index is 13.1. The SMILES string of the molecule is C=C(Cc1ncccc1Cl)N1CCC(c2nc(C)nc(C)c2C2=NN=C(c3ccnc(C(F)(F)F)n3)C2)CC1. The molecule has 2 aliphatic heterocycles. The van der Waals surface area contributed by atoms with Crippen molar-refractivity contribution in [1.82, 2.24) is 29.8 Å². The normalized spacial score (nSPS) is 16.3. The van der Waals surface area contributed by atoms with Crippen molar-refractivity contribution in [3.05, 3.63) is 87.9 Å². The monoisotopic (exact) mass is 554 g/mol. The fourth-order valence-electron chi connectivity index (χ4n) is 5.00. The summed E-state index contributed by atoms with van der Waals surface area (Å²) < 4.78 is 39.4. The van der Waals surface area contributed by atoms with Crippen LogP contribution in [0.1, 0.15) is 65.2 Å². The molecule has 5 heterocycles. The van der Waals surface area contributed by atoms with Gasteiger partial charge in [0.15, 0.2) is 0 Å². The molecule has 0 bridgehead atoms. The number of likely N-dealkylation sites (tertiary alicyclic amines) is 1. The maximum absolute atomic E-state index is 13.1. The Morgan fingerprint density at radius 1 is 1.03 bits per heavy atom. The van der Waals surface area contributed by atoms with Gasteiger partial charge >= 0.3 is 6.18 Å². The minimum absolute atomic E-state index is 0.100. The van der Waals surface area contributed by atoms with Crippen molar-refractivity contribution in [3.8, 4) is 0 Å². The van der Waals surface area contributed by atoms with Crippen molar-refractivity contribution >= 4 is 23.0 Å². The topological polar surface area (TPSA) is 92.4 Å². The number of pyridine rings is 1. The van der Waals surface area contributed by atoms with Crippen LogP contribution in [-0.2, 0) is 12.6 Å². The predicted molar refractivity (Wildman–Crippen MR) is 142 cm³/mol. The van der Waals surface area contributed by atoms with E-state index in [9.17, 15) is 13.2 Å². The fourth-order valence-corrected chi connectivity index (χ4v) is 5.19. The van der Waals surface area contributed by atoms with Crippen LogP contribution in [-0.4, -0.2) is 54.3 Å². The average molecular weight is 555 g/mol. The van der Waals surface area contributed by atoms with E-state index in [0.29, 0.717) is 28.7 Å². The highest BCUT2D eigenvalue weighted by molar-refractivity contribution is 6.31. The lowest BCUT2D eigenvalue weighted by molar-refractivity contribution is -0.145. The zero-order valence-electron chi connectivity index (χ0n) is 21.5. The van der Waals surface area contributed by atoms with E-state index in [1.807, 2.05) is 19.9 Å². The molecule has 0 spiro atoms. The number of allylic oxidation sites excluding steroid dienone is 1. The molecule has 1 saturated heterocycles. The van der Waals surface area contributed by atoms with Gasteiger partial charge < -0.3 is 4.90 Å². The zero-order chi connectivity index (χ0) is 27.7. The van der Waals surface area contributed by atoms with E-state index in [4.69, 9.17) is 16.6 Å². The minimum atomic E-state index is -4.64. The lowest BCUT2D eigenvalue weighted by Crippen LogP contribution is -2.33. The van der Waals surface area contributed by atoms with Gasteiger partial charge in [0.2, 0.25) is 5.82 Å². The van der Waals surface area contributed by atoms with Gasteiger partial charge in [0, 0.05) is 55.5 Å². The molecule has 8 nitrogen and oxygen atoms in total. The second-order valence-corrected chi connectivity index (χ2v) is 9.99. The Morgan fingerprint density at radius 2 is 1.77 bits per heavy atom. The van der Waals surface area contributed by atoms with E-state index in [-0.39, 0.29) is 18.0 Å². The second-order valence-electron chi connectivity index (χ2n) is 9.59. The van der Waals surface area contributed by atoms with Crippen molar-refractivity contribution < 1.29 is 13.2 Å². The molecule has 0 atom stereocenters. The molecule has 3 aromatic rings. The Kier molecular flexibility index (Phi) is 7.44. The summed E-state index contributed by atoms with van der Waals surface area (Å²) in [6.45, 7) is 9.61. The average Bonchev–Trinajstić information content (AvgIpc) is 3.39. The van der Waals surface area contributed by atoms with Gasteiger partial charge in [-0.05, 0) is 44.9 Å². The number of aromatic nitrogens is 5. The smallest absolute Gasteiger partial charge is 0.375 e. The van der Waals surface area contributed by atoms with E-state index in [1.165, 1.54) is 6.07 Å². The Morgan fingerprint density at radius 3 is 2.49 bits per heavy atom. The van der Waals surface area contributed by atoms with Crippen molar-refractivity contribution in [2.24, 2.45) is 10.2 Å². The highest BCUT2D eigenvalue weighted by atomic mass is 35.5. The summed E-state index contributed by atoms with van der Waals surface area (Å²) in [5, 5.41) is 9.14. The third-order valence-electron chi connectivity index (χ3n) is 6.88. The van der Waals surface area contributed by atoms with Crippen LogP contribution in [0, 0.1) is 13.8 Å². The number of aryl methyl sites for hydroxylation is 2. The van der Waals surface area contributed by atoms with Crippen LogP contribution in [0.25, 0.3) is 0 Å². The zero-order valence-corrected chi connectivity index (χ0v) is 22.3. The molecule has 12 heteroatoms. The summed E-state index contributed by atoms with van der Waals surface area (Å²) in [6, 6.07) is 5.04. The lowest BCUT2D eigenvalue weighted by Gasteiger charge is -2.35. The number of nitrogens with zero attached hydrogens (tertiary/aromatic N) is 8. The summed E-state index contributed by atoms with van der Waals surface area (Å²) in [6.07, 6.45) is 0.674. The summed E-state index contributed by atoms with van der Waals surface area (Å²) in [5.41, 5.74) is 5.31. The Bertz CT molecular complexity index is 1480.